The number of hydrogen-bond donors (Lipinski definition) is 1. The smallest absolute Gasteiger partial charge is 0.350 e. The van der Waals surface area contributed by atoms with Gasteiger partial charge in [-0.2, -0.15) is 13.2 Å². The number of sulfonamides is 1. The summed E-state index contributed by atoms with van der Waals surface area (Å²) in [4.78, 5) is 27.8. The van der Waals surface area contributed by atoms with Crippen molar-refractivity contribution in [3.05, 3.63) is 94.3 Å². The van der Waals surface area contributed by atoms with E-state index in [9.17, 15) is 35.6 Å². The van der Waals surface area contributed by atoms with E-state index >= 15 is 0 Å². The highest BCUT2D eigenvalue weighted by molar-refractivity contribution is 7.92. The molecule has 0 saturated heterocycles. The SMILES string of the molecule is Cc1ccc(S(=O)(=O)N(CC(=O)N(Cc2ccc(F)cc2)[C@H](C)C(=O)NC(C)(C)C)c2ccc(Cl)c(C(F)(F)F)c2)cc1. The molecule has 0 saturated carbocycles. The van der Waals surface area contributed by atoms with Crippen molar-refractivity contribution in [1.29, 1.82) is 0 Å². The first-order valence-electron chi connectivity index (χ1n) is 13.1. The monoisotopic (exact) mass is 641 g/mol. The van der Waals surface area contributed by atoms with Gasteiger partial charge in [0.15, 0.2) is 0 Å². The van der Waals surface area contributed by atoms with Crippen LogP contribution < -0.4 is 9.62 Å². The van der Waals surface area contributed by atoms with Gasteiger partial charge in [0.1, 0.15) is 18.4 Å². The normalized spacial score (nSPS) is 12.9. The number of hydrogen-bond acceptors (Lipinski definition) is 4. The minimum Gasteiger partial charge on any atom is -0.350 e. The molecule has 0 radical (unpaired) electrons. The second kappa shape index (κ2) is 12.9. The third kappa shape index (κ3) is 8.70. The molecule has 0 aromatic heterocycles. The Bertz CT molecular complexity index is 1570. The fraction of sp³-hybridized carbons (Fsp3) is 0.333. The summed E-state index contributed by atoms with van der Waals surface area (Å²) in [6, 6.07) is 12.1. The predicted molar refractivity (Wildman–Crippen MR) is 156 cm³/mol. The quantitative estimate of drug-likeness (QED) is 0.277. The number of alkyl halides is 3. The Morgan fingerprint density at radius 1 is 0.953 bits per heavy atom. The van der Waals surface area contributed by atoms with Gasteiger partial charge in [-0.1, -0.05) is 41.4 Å². The van der Waals surface area contributed by atoms with Crippen molar-refractivity contribution in [2.45, 2.75) is 63.8 Å². The van der Waals surface area contributed by atoms with Crippen LogP contribution >= 0.6 is 11.6 Å². The predicted octanol–water partition coefficient (Wildman–Crippen LogP) is 6.33. The van der Waals surface area contributed by atoms with E-state index in [1.165, 1.54) is 55.5 Å². The molecule has 0 unspecified atom stereocenters. The number of aryl methyl sites for hydroxylation is 1. The maximum atomic E-state index is 13.9. The zero-order valence-corrected chi connectivity index (χ0v) is 25.7. The Morgan fingerprint density at radius 2 is 1.53 bits per heavy atom. The minimum absolute atomic E-state index is 0.218. The molecule has 3 aromatic carbocycles. The number of rotatable bonds is 9. The first kappa shape index (κ1) is 33.9. The van der Waals surface area contributed by atoms with Gasteiger partial charge < -0.3 is 10.2 Å². The van der Waals surface area contributed by atoms with Crippen LogP contribution in [-0.2, 0) is 32.3 Å². The summed E-state index contributed by atoms with van der Waals surface area (Å²) in [5.41, 5.74) is -1.25. The lowest BCUT2D eigenvalue weighted by atomic mass is 10.1. The van der Waals surface area contributed by atoms with E-state index in [0.29, 0.717) is 15.9 Å². The molecule has 2 amide bonds. The lowest BCUT2D eigenvalue weighted by Crippen LogP contribution is -2.54. The first-order valence-corrected chi connectivity index (χ1v) is 14.9. The van der Waals surface area contributed by atoms with Crippen molar-refractivity contribution < 1.29 is 35.6 Å². The fourth-order valence-corrected chi connectivity index (χ4v) is 5.73. The number of nitrogens with one attached hydrogen (secondary N) is 1. The lowest BCUT2D eigenvalue weighted by Gasteiger charge is -2.33. The molecule has 0 aliphatic rings. The molecule has 3 rings (SSSR count). The van der Waals surface area contributed by atoms with Gasteiger partial charge in [-0.25, -0.2) is 12.8 Å². The molecule has 43 heavy (non-hydrogen) atoms. The number of benzene rings is 3. The van der Waals surface area contributed by atoms with Crippen LogP contribution in [0.3, 0.4) is 0 Å². The Morgan fingerprint density at radius 3 is 2.07 bits per heavy atom. The Labute approximate surface area is 253 Å². The molecule has 0 heterocycles. The van der Waals surface area contributed by atoms with Crippen LogP contribution in [-0.4, -0.2) is 43.3 Å². The molecule has 0 aliphatic carbocycles. The summed E-state index contributed by atoms with van der Waals surface area (Å²) in [5.74, 6) is -1.97. The van der Waals surface area contributed by atoms with Gasteiger partial charge in [-0.05, 0) is 82.6 Å². The van der Waals surface area contributed by atoms with Crippen molar-refractivity contribution in [3.63, 3.8) is 0 Å². The minimum atomic E-state index is -4.91. The van der Waals surface area contributed by atoms with Gasteiger partial charge in [0.25, 0.3) is 10.0 Å². The van der Waals surface area contributed by atoms with E-state index in [-0.39, 0.29) is 11.4 Å². The molecule has 0 fully saturated rings. The van der Waals surface area contributed by atoms with Crippen molar-refractivity contribution in [2.75, 3.05) is 10.8 Å². The van der Waals surface area contributed by atoms with E-state index < -0.39 is 68.2 Å². The number of carbonyl (C=O) groups is 2. The molecule has 0 bridgehead atoms. The van der Waals surface area contributed by atoms with Crippen LogP contribution in [0, 0.1) is 12.7 Å². The largest absolute Gasteiger partial charge is 0.417 e. The second-order valence-electron chi connectivity index (χ2n) is 11.0. The van der Waals surface area contributed by atoms with Crippen LogP contribution in [0.5, 0.6) is 0 Å². The van der Waals surface area contributed by atoms with E-state index in [4.69, 9.17) is 11.6 Å². The van der Waals surface area contributed by atoms with Gasteiger partial charge in [0.05, 0.1) is 21.2 Å². The Hall–Kier alpha value is -3.64. The third-order valence-electron chi connectivity index (χ3n) is 6.36. The Balaban J connectivity index is 2.13. The zero-order valence-electron chi connectivity index (χ0n) is 24.2. The summed E-state index contributed by atoms with van der Waals surface area (Å²) in [5, 5.41) is 2.11. The second-order valence-corrected chi connectivity index (χ2v) is 13.3. The van der Waals surface area contributed by atoms with E-state index in [1.54, 1.807) is 27.7 Å². The lowest BCUT2D eigenvalue weighted by molar-refractivity contribution is -0.140. The average Bonchev–Trinajstić information content (AvgIpc) is 2.90. The van der Waals surface area contributed by atoms with Crippen molar-refractivity contribution in [3.8, 4) is 0 Å². The van der Waals surface area contributed by atoms with Crippen LogP contribution in [0.4, 0.5) is 23.2 Å². The van der Waals surface area contributed by atoms with Crippen molar-refractivity contribution >= 4 is 39.1 Å². The van der Waals surface area contributed by atoms with Gasteiger partial charge in [-0.15, -0.1) is 0 Å². The number of amides is 2. The van der Waals surface area contributed by atoms with E-state index in [2.05, 4.69) is 5.32 Å². The Kier molecular flexibility index (Phi) is 10.2. The first-order chi connectivity index (χ1) is 19.8. The highest BCUT2D eigenvalue weighted by Gasteiger charge is 2.37. The molecule has 13 heteroatoms. The summed E-state index contributed by atoms with van der Waals surface area (Å²) in [6.45, 7) is 7.19. The molecule has 0 aliphatic heterocycles. The van der Waals surface area contributed by atoms with Crippen molar-refractivity contribution in [2.24, 2.45) is 0 Å². The van der Waals surface area contributed by atoms with Gasteiger partial charge in [0.2, 0.25) is 11.8 Å². The number of halogens is 5. The molecular weight excluding hydrogens is 610 g/mol. The molecule has 3 aromatic rings. The number of nitrogens with zero attached hydrogens (tertiary/aromatic N) is 2. The van der Waals surface area contributed by atoms with E-state index in [1.807, 2.05) is 0 Å². The average molecular weight is 642 g/mol. The molecule has 1 N–H and O–H groups in total. The topological polar surface area (TPSA) is 86.8 Å². The maximum Gasteiger partial charge on any atom is 0.417 e. The molecular formula is C30H32ClF4N3O4S. The standard InChI is InChI=1S/C30H32ClF4N3O4S/c1-19-6-13-24(14-7-19)43(41,42)38(23-12-15-26(31)25(16-23)30(33,34)35)18-27(39)37(17-21-8-10-22(32)11-9-21)20(2)28(40)36-29(3,4)5/h6-16,20H,17-18H2,1-5H3,(H,36,40)/t20-/m1/s1. The summed E-state index contributed by atoms with van der Waals surface area (Å²) >= 11 is 5.79. The van der Waals surface area contributed by atoms with Crippen LogP contribution in [0.15, 0.2) is 71.6 Å². The summed E-state index contributed by atoms with van der Waals surface area (Å²) < 4.78 is 83.1. The van der Waals surface area contributed by atoms with Crippen LogP contribution in [0.2, 0.25) is 5.02 Å². The molecule has 1 atom stereocenters. The third-order valence-corrected chi connectivity index (χ3v) is 8.48. The van der Waals surface area contributed by atoms with Crippen molar-refractivity contribution in [1.82, 2.24) is 10.2 Å². The maximum absolute atomic E-state index is 13.9. The fourth-order valence-electron chi connectivity index (χ4n) is 4.10. The molecule has 0 spiro atoms. The van der Waals surface area contributed by atoms with Crippen LogP contribution in [0.25, 0.3) is 0 Å². The van der Waals surface area contributed by atoms with E-state index in [0.717, 1.165) is 22.6 Å². The zero-order chi connectivity index (χ0) is 32.3. The summed E-state index contributed by atoms with van der Waals surface area (Å²) in [6.07, 6.45) is -4.91. The van der Waals surface area contributed by atoms with Gasteiger partial charge in [-0.3, -0.25) is 13.9 Å². The van der Waals surface area contributed by atoms with Crippen LogP contribution in [0.1, 0.15) is 44.4 Å². The number of anilines is 1. The van der Waals surface area contributed by atoms with Gasteiger partial charge >= 0.3 is 6.18 Å². The summed E-state index contributed by atoms with van der Waals surface area (Å²) in [7, 11) is -4.60. The highest BCUT2D eigenvalue weighted by Crippen LogP contribution is 2.38. The highest BCUT2D eigenvalue weighted by atomic mass is 35.5. The van der Waals surface area contributed by atoms with Gasteiger partial charge in [0, 0.05) is 12.1 Å². The molecule has 232 valence electrons. The number of carbonyl (C=O) groups excluding carboxylic acids is 2. The molecule has 7 nitrogen and oxygen atoms in total.